The van der Waals surface area contributed by atoms with Crippen molar-refractivity contribution in [1.29, 1.82) is 0 Å². The summed E-state index contributed by atoms with van der Waals surface area (Å²) in [5, 5.41) is -5.23. The van der Waals surface area contributed by atoms with Gasteiger partial charge in [-0.2, -0.15) is 0 Å². The van der Waals surface area contributed by atoms with Crippen LogP contribution in [0.2, 0.25) is 0 Å². The molecule has 1 heterocycles. The summed E-state index contributed by atoms with van der Waals surface area (Å²) in [4.78, 5) is 0. The molecule has 1 nitrogen and oxygen atoms in total. The second-order valence-corrected chi connectivity index (χ2v) is 9.51. The molecule has 0 spiro atoms. The highest BCUT2D eigenvalue weighted by molar-refractivity contribution is 6.25. The predicted molar refractivity (Wildman–Crippen MR) is 190 cm³/mol. The van der Waals surface area contributed by atoms with Gasteiger partial charge in [0.05, 0.1) is 38.4 Å². The zero-order chi connectivity index (χ0) is 54.1. The minimum absolute atomic E-state index is 0.621. The zero-order valence-corrected chi connectivity index (χ0v) is 22.4. The van der Waals surface area contributed by atoms with Crippen LogP contribution in [-0.2, 0) is 0 Å². The van der Waals surface area contributed by atoms with Crippen molar-refractivity contribution in [3.05, 3.63) is 169 Å². The fraction of sp³-hybridized carbons (Fsp3) is 0. The van der Waals surface area contributed by atoms with E-state index in [0.29, 0.717) is 0 Å². The van der Waals surface area contributed by atoms with Crippen LogP contribution in [0.25, 0.3) is 88.0 Å². The van der Waals surface area contributed by atoms with Crippen LogP contribution in [-0.4, -0.2) is 0 Å². The summed E-state index contributed by atoms with van der Waals surface area (Å²) < 4.78 is 257. The van der Waals surface area contributed by atoms with Crippen molar-refractivity contribution in [3.63, 3.8) is 0 Å². The Bertz CT molecular complexity index is 3980. The first kappa shape index (κ1) is 10.1. The maximum Gasteiger partial charge on any atom is 0.143 e. The van der Waals surface area contributed by atoms with Gasteiger partial charge in [0, 0.05) is 22.1 Å². The number of fused-ring (bicyclic) bond motifs is 4. The highest BCUT2D eigenvalue weighted by Crippen LogP contribution is 2.50. The van der Waals surface area contributed by atoms with Crippen molar-refractivity contribution < 1.29 is 42.8 Å². The molecule has 210 valence electrons. The summed E-state index contributed by atoms with van der Waals surface area (Å²) in [5.74, 6) is -0.939. The molecule has 1 aromatic heterocycles. The van der Waals surface area contributed by atoms with E-state index in [-0.39, 0.29) is 0 Å². The standard InChI is InChI=1S/C44H28O/c1-3-13-29(14-4-1)33-25-26-40-39(28-33)43(44(45-40)34-24-23-30-15-7-8-18-32(30)27-34)42-37-21-11-9-19-35(37)41(31-16-5-2-6-17-31)36-20-10-12-22-38(36)42/h1-28H/i1D,2D,3D,4D,5D,6D,7D,8D,9D,10D,11D,12D,13D,14D,15D,16D,17D,18D,19D,20D,21D,22D,23D,24D,25D,26D,27D,28D. The molecule has 0 atom stereocenters. The molecule has 0 fully saturated rings. The molecule has 0 saturated carbocycles. The lowest BCUT2D eigenvalue weighted by molar-refractivity contribution is 0.632. The summed E-state index contributed by atoms with van der Waals surface area (Å²) in [6, 6.07) is -27.3. The average molecular weight is 601 g/mol. The Morgan fingerprint density at radius 2 is 0.867 bits per heavy atom. The van der Waals surface area contributed by atoms with Crippen molar-refractivity contribution in [2.75, 3.05) is 0 Å². The third kappa shape index (κ3) is 4.17. The molecule has 45 heavy (non-hydrogen) atoms. The van der Waals surface area contributed by atoms with E-state index in [2.05, 4.69) is 0 Å². The molecule has 9 aromatic rings. The third-order valence-corrected chi connectivity index (χ3v) is 7.06. The Balaban J connectivity index is 1.71. The Morgan fingerprint density at radius 1 is 0.333 bits per heavy atom. The summed E-state index contributed by atoms with van der Waals surface area (Å²) >= 11 is 0. The van der Waals surface area contributed by atoms with Gasteiger partial charge < -0.3 is 4.42 Å². The van der Waals surface area contributed by atoms with Gasteiger partial charge in [0.1, 0.15) is 11.3 Å². The summed E-state index contributed by atoms with van der Waals surface area (Å²) in [7, 11) is 0. The molecular formula is C44H28O. The van der Waals surface area contributed by atoms with Crippen LogP contribution in [0.5, 0.6) is 0 Å². The first-order valence-corrected chi connectivity index (χ1v) is 13.2. The van der Waals surface area contributed by atoms with Crippen molar-refractivity contribution in [2.45, 2.75) is 0 Å². The van der Waals surface area contributed by atoms with Gasteiger partial charge in [0.25, 0.3) is 0 Å². The summed E-state index contributed by atoms with van der Waals surface area (Å²) in [6.07, 6.45) is 0. The van der Waals surface area contributed by atoms with Crippen LogP contribution < -0.4 is 0 Å². The van der Waals surface area contributed by atoms with E-state index in [4.69, 9.17) is 30.5 Å². The van der Waals surface area contributed by atoms with Crippen LogP contribution >= 0.6 is 0 Å². The third-order valence-electron chi connectivity index (χ3n) is 7.06. The van der Waals surface area contributed by atoms with Crippen LogP contribution in [0.3, 0.4) is 0 Å². The molecule has 0 bridgehead atoms. The van der Waals surface area contributed by atoms with Gasteiger partial charge in [0.2, 0.25) is 0 Å². The Morgan fingerprint density at radius 3 is 1.53 bits per heavy atom. The minimum atomic E-state index is -1.05. The Kier molecular flexibility index (Phi) is 2.32. The molecule has 0 aliphatic carbocycles. The number of benzene rings is 8. The largest absolute Gasteiger partial charge is 0.455 e. The smallest absolute Gasteiger partial charge is 0.143 e. The Labute approximate surface area is 301 Å². The topological polar surface area (TPSA) is 13.1 Å². The maximum atomic E-state index is 9.88. The first-order chi connectivity index (χ1) is 34.0. The number of hydrogen-bond donors (Lipinski definition) is 0. The highest BCUT2D eigenvalue weighted by Gasteiger charge is 2.24. The van der Waals surface area contributed by atoms with E-state index in [1.54, 1.807) is 0 Å². The molecule has 0 aliphatic heterocycles. The molecule has 0 radical (unpaired) electrons. The van der Waals surface area contributed by atoms with Gasteiger partial charge in [-0.05, 0) is 72.7 Å². The summed E-state index contributed by atoms with van der Waals surface area (Å²) in [6.45, 7) is 0. The van der Waals surface area contributed by atoms with E-state index >= 15 is 0 Å². The van der Waals surface area contributed by atoms with Crippen LogP contribution in [0.1, 0.15) is 38.4 Å². The molecule has 0 unspecified atom stereocenters. The van der Waals surface area contributed by atoms with Gasteiger partial charge in [-0.3, -0.25) is 0 Å². The predicted octanol–water partition coefficient (Wildman–Crippen LogP) is 12.6. The van der Waals surface area contributed by atoms with E-state index in [9.17, 15) is 12.3 Å². The quantitative estimate of drug-likeness (QED) is 0.183. The second kappa shape index (κ2) is 10.4. The minimum Gasteiger partial charge on any atom is -0.455 e. The molecule has 0 amide bonds. The van der Waals surface area contributed by atoms with Crippen molar-refractivity contribution in [2.24, 2.45) is 0 Å². The van der Waals surface area contributed by atoms with E-state index in [1.165, 1.54) is 0 Å². The van der Waals surface area contributed by atoms with E-state index < -0.39 is 257 Å². The molecule has 9 rings (SSSR count). The van der Waals surface area contributed by atoms with Crippen LogP contribution in [0.15, 0.2) is 174 Å². The van der Waals surface area contributed by atoms with Gasteiger partial charge in [-0.1, -0.05) is 151 Å². The monoisotopic (exact) mass is 600 g/mol. The molecule has 0 aliphatic rings. The van der Waals surface area contributed by atoms with E-state index in [0.717, 1.165) is 0 Å². The lowest BCUT2D eigenvalue weighted by Crippen LogP contribution is -1.91. The molecular weight excluding hydrogens is 544 g/mol. The molecule has 0 saturated heterocycles. The van der Waals surface area contributed by atoms with Gasteiger partial charge in [0.15, 0.2) is 0 Å². The average Bonchev–Trinajstić information content (AvgIpc) is 3.75. The molecule has 8 aromatic carbocycles. The zero-order valence-electron chi connectivity index (χ0n) is 50.4. The number of hydrogen-bond acceptors (Lipinski definition) is 1. The second-order valence-electron chi connectivity index (χ2n) is 9.51. The lowest BCUT2D eigenvalue weighted by atomic mass is 9.84. The fourth-order valence-corrected chi connectivity index (χ4v) is 5.22. The van der Waals surface area contributed by atoms with Gasteiger partial charge >= 0.3 is 0 Å². The van der Waals surface area contributed by atoms with Crippen molar-refractivity contribution in [3.8, 4) is 44.7 Å². The van der Waals surface area contributed by atoms with Gasteiger partial charge in [-0.25, -0.2) is 0 Å². The number of rotatable bonds is 4. The van der Waals surface area contributed by atoms with Crippen molar-refractivity contribution in [1.82, 2.24) is 0 Å². The number of furan rings is 1. The molecule has 0 N–H and O–H groups in total. The lowest BCUT2D eigenvalue weighted by Gasteiger charge is -2.18. The summed E-state index contributed by atoms with van der Waals surface area (Å²) in [5.41, 5.74) is -6.54. The normalized spacial score (nSPS) is 20.3. The first-order valence-electron chi connectivity index (χ1n) is 27.2. The fourth-order valence-electron chi connectivity index (χ4n) is 5.22. The Hall–Kier alpha value is -5.92. The SMILES string of the molecule is [2H]c1c([2H])c([2H])c(-c2c([2H])c([2H])c3oc(-c4c([2H])c([2H])c5c([2H])c([2H])c([2H])c([2H])c5c4[2H])c(-c4c5c([2H])c([2H])c([2H])c([2H])c5c(-c5c([2H])c([2H])c([2H])c([2H])c5[2H])c5c([2H])c([2H])c([2H])c([2H])c45)c3c2[2H])c([2H])c1[2H]. The molecule has 1 heteroatoms. The van der Waals surface area contributed by atoms with Crippen LogP contribution in [0, 0.1) is 0 Å². The van der Waals surface area contributed by atoms with Crippen LogP contribution in [0.4, 0.5) is 0 Å². The highest BCUT2D eigenvalue weighted by atomic mass is 16.3. The van der Waals surface area contributed by atoms with Gasteiger partial charge in [-0.15, -0.1) is 0 Å². The maximum absolute atomic E-state index is 9.88. The van der Waals surface area contributed by atoms with E-state index in [1.807, 2.05) is 0 Å². The van der Waals surface area contributed by atoms with Crippen molar-refractivity contribution >= 4 is 43.3 Å².